The third-order valence-corrected chi connectivity index (χ3v) is 1.97. The first-order chi connectivity index (χ1) is 7.27. The van der Waals surface area contributed by atoms with Gasteiger partial charge < -0.3 is 5.73 Å². The van der Waals surface area contributed by atoms with Crippen LogP contribution in [0.3, 0.4) is 0 Å². The summed E-state index contributed by atoms with van der Waals surface area (Å²) in [4.78, 5) is 19.4. The second-order valence-electron chi connectivity index (χ2n) is 3.08. The van der Waals surface area contributed by atoms with Gasteiger partial charge in [-0.1, -0.05) is 12.1 Å². The van der Waals surface area contributed by atoms with Gasteiger partial charge in [0, 0.05) is 23.6 Å². The minimum absolute atomic E-state index is 0.122. The third kappa shape index (κ3) is 1.99. The first-order valence-corrected chi connectivity index (χ1v) is 4.42. The van der Waals surface area contributed by atoms with Crippen LogP contribution in [0.15, 0.2) is 43.0 Å². The van der Waals surface area contributed by atoms with Gasteiger partial charge in [-0.3, -0.25) is 4.79 Å². The molecule has 2 rings (SSSR count). The largest absolute Gasteiger partial charge is 0.399 e. The maximum absolute atomic E-state index is 11.9. The Kier molecular flexibility index (Phi) is 2.41. The molecule has 2 aromatic rings. The number of ketones is 1. The van der Waals surface area contributed by atoms with Crippen molar-refractivity contribution in [1.82, 2.24) is 9.97 Å². The second kappa shape index (κ2) is 3.88. The van der Waals surface area contributed by atoms with Crippen LogP contribution in [0.5, 0.6) is 0 Å². The van der Waals surface area contributed by atoms with Crippen molar-refractivity contribution < 1.29 is 4.79 Å². The number of benzene rings is 1. The van der Waals surface area contributed by atoms with Crippen LogP contribution in [-0.4, -0.2) is 15.8 Å². The molecule has 0 bridgehead atoms. The van der Waals surface area contributed by atoms with Crippen LogP contribution in [0.4, 0.5) is 5.69 Å². The van der Waals surface area contributed by atoms with Gasteiger partial charge in [-0.2, -0.15) is 0 Å². The fraction of sp³-hybridized carbons (Fsp3) is 0. The summed E-state index contributed by atoms with van der Waals surface area (Å²) < 4.78 is 0. The molecule has 0 aliphatic rings. The van der Waals surface area contributed by atoms with Crippen LogP contribution in [0, 0.1) is 0 Å². The van der Waals surface area contributed by atoms with Gasteiger partial charge in [0.25, 0.3) is 0 Å². The van der Waals surface area contributed by atoms with Crippen LogP contribution in [0.1, 0.15) is 15.9 Å². The van der Waals surface area contributed by atoms with Gasteiger partial charge in [-0.25, -0.2) is 9.97 Å². The van der Waals surface area contributed by atoms with E-state index in [1.165, 1.54) is 18.7 Å². The molecule has 74 valence electrons. The molecule has 0 aliphatic carbocycles. The van der Waals surface area contributed by atoms with E-state index in [0.29, 0.717) is 16.8 Å². The van der Waals surface area contributed by atoms with Gasteiger partial charge in [0.1, 0.15) is 6.33 Å². The zero-order valence-electron chi connectivity index (χ0n) is 7.92. The summed E-state index contributed by atoms with van der Waals surface area (Å²) in [5, 5.41) is 0. The molecule has 1 aromatic carbocycles. The van der Waals surface area contributed by atoms with Crippen molar-refractivity contribution in [3.8, 4) is 0 Å². The van der Waals surface area contributed by atoms with Crippen molar-refractivity contribution in [2.24, 2.45) is 0 Å². The molecule has 0 aliphatic heterocycles. The van der Waals surface area contributed by atoms with Gasteiger partial charge in [-0.15, -0.1) is 0 Å². The summed E-state index contributed by atoms with van der Waals surface area (Å²) in [6, 6.07) is 6.83. The van der Waals surface area contributed by atoms with E-state index in [2.05, 4.69) is 9.97 Å². The molecule has 4 nitrogen and oxygen atoms in total. The van der Waals surface area contributed by atoms with E-state index in [-0.39, 0.29) is 5.78 Å². The minimum Gasteiger partial charge on any atom is -0.399 e. The highest BCUT2D eigenvalue weighted by Crippen LogP contribution is 2.11. The summed E-state index contributed by atoms with van der Waals surface area (Å²) in [6.07, 6.45) is 4.35. The Morgan fingerprint density at radius 3 is 2.53 bits per heavy atom. The smallest absolute Gasteiger partial charge is 0.196 e. The van der Waals surface area contributed by atoms with Crippen molar-refractivity contribution in [1.29, 1.82) is 0 Å². The first kappa shape index (κ1) is 9.33. The molecular weight excluding hydrogens is 190 g/mol. The summed E-state index contributed by atoms with van der Waals surface area (Å²) in [5.74, 6) is -0.122. The lowest BCUT2D eigenvalue weighted by atomic mass is 10.1. The lowest BCUT2D eigenvalue weighted by Gasteiger charge is -2.00. The van der Waals surface area contributed by atoms with Crippen molar-refractivity contribution in [3.05, 3.63) is 54.1 Å². The maximum atomic E-state index is 11.9. The van der Waals surface area contributed by atoms with E-state index in [1.54, 1.807) is 24.3 Å². The lowest BCUT2D eigenvalue weighted by molar-refractivity contribution is 0.103. The molecular formula is C11H9N3O. The van der Waals surface area contributed by atoms with Crippen molar-refractivity contribution >= 4 is 11.5 Å². The summed E-state index contributed by atoms with van der Waals surface area (Å²) in [7, 11) is 0. The fourth-order valence-corrected chi connectivity index (χ4v) is 1.26. The third-order valence-electron chi connectivity index (χ3n) is 1.97. The van der Waals surface area contributed by atoms with E-state index in [1.807, 2.05) is 0 Å². The fourth-order valence-electron chi connectivity index (χ4n) is 1.26. The highest BCUT2D eigenvalue weighted by Gasteiger charge is 2.08. The number of aromatic nitrogens is 2. The van der Waals surface area contributed by atoms with Gasteiger partial charge in [-0.05, 0) is 12.1 Å². The van der Waals surface area contributed by atoms with Gasteiger partial charge in [0.2, 0.25) is 0 Å². The standard InChI is InChI=1S/C11H9N3O/c12-10-3-1-2-8(4-10)11(15)9-5-13-7-14-6-9/h1-7H,12H2. The lowest BCUT2D eigenvalue weighted by Crippen LogP contribution is -2.02. The Bertz CT molecular complexity index is 482. The summed E-state index contributed by atoms with van der Waals surface area (Å²) in [6.45, 7) is 0. The molecule has 1 heterocycles. The van der Waals surface area contributed by atoms with Crippen LogP contribution >= 0.6 is 0 Å². The number of carbonyl (C=O) groups excluding carboxylic acids is 1. The average molecular weight is 199 g/mol. The normalized spacial score (nSPS) is 9.87. The monoisotopic (exact) mass is 199 g/mol. The van der Waals surface area contributed by atoms with Gasteiger partial charge in [0.15, 0.2) is 5.78 Å². The molecule has 0 radical (unpaired) electrons. The van der Waals surface area contributed by atoms with E-state index >= 15 is 0 Å². The topological polar surface area (TPSA) is 68.9 Å². The molecule has 0 saturated heterocycles. The second-order valence-corrected chi connectivity index (χ2v) is 3.08. The Labute approximate surface area is 86.8 Å². The number of anilines is 1. The number of nitrogen functional groups attached to an aromatic ring is 1. The SMILES string of the molecule is Nc1cccc(C(=O)c2cncnc2)c1. The molecule has 1 aromatic heterocycles. The molecule has 2 N–H and O–H groups in total. The number of rotatable bonds is 2. The molecule has 0 unspecified atom stereocenters. The number of nitrogens with two attached hydrogens (primary N) is 1. The molecule has 0 amide bonds. The minimum atomic E-state index is -0.122. The first-order valence-electron chi connectivity index (χ1n) is 4.42. The molecule has 0 saturated carbocycles. The van der Waals surface area contributed by atoms with Crippen LogP contribution in [0.25, 0.3) is 0 Å². The Morgan fingerprint density at radius 2 is 1.87 bits per heavy atom. The number of carbonyl (C=O) groups is 1. The molecule has 0 atom stereocenters. The number of nitrogens with zero attached hydrogens (tertiary/aromatic N) is 2. The maximum Gasteiger partial charge on any atom is 0.196 e. The molecule has 0 spiro atoms. The predicted molar refractivity (Wildman–Crippen MR) is 56.3 cm³/mol. The average Bonchev–Trinajstić information content (AvgIpc) is 2.29. The van der Waals surface area contributed by atoms with Crippen LogP contribution in [0.2, 0.25) is 0 Å². The Morgan fingerprint density at radius 1 is 1.13 bits per heavy atom. The highest BCUT2D eigenvalue weighted by molar-refractivity contribution is 6.08. The van der Waals surface area contributed by atoms with E-state index in [9.17, 15) is 4.79 Å². The van der Waals surface area contributed by atoms with Gasteiger partial charge >= 0.3 is 0 Å². The zero-order valence-corrected chi connectivity index (χ0v) is 7.92. The van der Waals surface area contributed by atoms with Crippen LogP contribution in [-0.2, 0) is 0 Å². The van der Waals surface area contributed by atoms with E-state index in [4.69, 9.17) is 5.73 Å². The number of hydrogen-bond donors (Lipinski definition) is 1. The summed E-state index contributed by atoms with van der Waals surface area (Å²) in [5.41, 5.74) is 7.17. The van der Waals surface area contributed by atoms with E-state index < -0.39 is 0 Å². The molecule has 0 fully saturated rings. The quantitative estimate of drug-likeness (QED) is 0.584. The van der Waals surface area contributed by atoms with Crippen molar-refractivity contribution in [2.45, 2.75) is 0 Å². The predicted octanol–water partition coefficient (Wildman–Crippen LogP) is 1.29. The number of hydrogen-bond acceptors (Lipinski definition) is 4. The van der Waals surface area contributed by atoms with E-state index in [0.717, 1.165) is 0 Å². The van der Waals surface area contributed by atoms with Crippen molar-refractivity contribution in [2.75, 3.05) is 5.73 Å². The molecule has 4 heteroatoms. The Balaban J connectivity index is 2.37. The van der Waals surface area contributed by atoms with Gasteiger partial charge in [0.05, 0.1) is 5.56 Å². The van der Waals surface area contributed by atoms with Crippen molar-refractivity contribution in [3.63, 3.8) is 0 Å². The molecule has 15 heavy (non-hydrogen) atoms. The highest BCUT2D eigenvalue weighted by atomic mass is 16.1. The van der Waals surface area contributed by atoms with Crippen LogP contribution < -0.4 is 5.73 Å². The summed E-state index contributed by atoms with van der Waals surface area (Å²) >= 11 is 0. The Hall–Kier alpha value is -2.23. The zero-order chi connectivity index (χ0) is 10.7.